The summed E-state index contributed by atoms with van der Waals surface area (Å²) in [6.45, 7) is 0. The Morgan fingerprint density at radius 1 is 1.09 bits per heavy atom. The van der Waals surface area contributed by atoms with Crippen molar-refractivity contribution in [3.63, 3.8) is 0 Å². The van der Waals surface area contributed by atoms with Gasteiger partial charge in [0.25, 0.3) is 5.56 Å². The van der Waals surface area contributed by atoms with Crippen molar-refractivity contribution < 1.29 is 5.11 Å². The van der Waals surface area contributed by atoms with E-state index in [9.17, 15) is 9.90 Å². The second-order valence-corrected chi connectivity index (χ2v) is 6.05. The molecule has 4 nitrogen and oxygen atoms in total. The molecule has 0 fully saturated rings. The van der Waals surface area contributed by atoms with Crippen molar-refractivity contribution in [1.82, 2.24) is 9.97 Å². The molecule has 0 spiro atoms. The van der Waals surface area contributed by atoms with E-state index in [4.69, 9.17) is 34.8 Å². The number of fused-ring (bicyclic) bond motifs is 1. The number of rotatable bonds is 2. The number of H-pyrrole nitrogens is 1. The van der Waals surface area contributed by atoms with Crippen molar-refractivity contribution in [2.45, 2.75) is 0 Å². The van der Waals surface area contributed by atoms with Crippen molar-refractivity contribution in [2.24, 2.45) is 0 Å². The fourth-order valence-electron chi connectivity index (χ4n) is 2.06. The van der Waals surface area contributed by atoms with Gasteiger partial charge in [0.1, 0.15) is 11.5 Å². The van der Waals surface area contributed by atoms with E-state index in [0.717, 1.165) is 0 Å². The highest BCUT2D eigenvalue weighted by Crippen LogP contribution is 2.25. The molecule has 0 amide bonds. The Bertz CT molecular complexity index is 979. The van der Waals surface area contributed by atoms with E-state index in [1.165, 1.54) is 12.1 Å². The van der Waals surface area contributed by atoms with Crippen molar-refractivity contribution in [2.75, 3.05) is 0 Å². The molecule has 0 atom stereocenters. The van der Waals surface area contributed by atoms with E-state index in [0.29, 0.717) is 31.7 Å². The van der Waals surface area contributed by atoms with Crippen molar-refractivity contribution in [3.8, 4) is 0 Å². The van der Waals surface area contributed by atoms with Crippen LogP contribution in [0.5, 0.6) is 0 Å². The largest absolute Gasteiger partial charge is 0.507 e. The van der Waals surface area contributed by atoms with E-state index >= 15 is 0 Å². The maximum absolute atomic E-state index is 12.1. The van der Waals surface area contributed by atoms with Gasteiger partial charge in [-0.2, -0.15) is 0 Å². The molecule has 0 unspecified atom stereocenters. The third-order valence-electron chi connectivity index (χ3n) is 3.16. The number of aliphatic hydroxyl groups excluding tert-OH is 1. The van der Waals surface area contributed by atoms with Crippen LogP contribution >= 0.6 is 34.8 Å². The van der Waals surface area contributed by atoms with E-state index in [-0.39, 0.29) is 11.5 Å². The van der Waals surface area contributed by atoms with E-state index in [1.54, 1.807) is 30.3 Å². The summed E-state index contributed by atoms with van der Waals surface area (Å²) in [4.78, 5) is 18.9. The average molecular weight is 368 g/mol. The van der Waals surface area contributed by atoms with Crippen LogP contribution < -0.4 is 5.56 Å². The molecule has 0 saturated heterocycles. The minimum atomic E-state index is -0.470. The van der Waals surface area contributed by atoms with Crippen LogP contribution in [-0.2, 0) is 0 Å². The second kappa shape index (κ2) is 6.24. The summed E-state index contributed by atoms with van der Waals surface area (Å²) >= 11 is 17.8. The lowest BCUT2D eigenvalue weighted by Gasteiger charge is -2.04. The van der Waals surface area contributed by atoms with Gasteiger partial charge in [-0.05, 0) is 36.4 Å². The summed E-state index contributed by atoms with van der Waals surface area (Å²) in [7, 11) is 0. The number of halogens is 3. The number of nitrogens with one attached hydrogen (secondary N) is 1. The zero-order chi connectivity index (χ0) is 16.6. The highest BCUT2D eigenvalue weighted by Gasteiger charge is 2.09. The van der Waals surface area contributed by atoms with E-state index < -0.39 is 5.56 Å². The minimum Gasteiger partial charge on any atom is -0.507 e. The number of nitrogens with zero attached hydrogens (tertiary/aromatic N) is 1. The Balaban J connectivity index is 2.12. The number of aromatic amines is 1. The molecule has 0 aliphatic carbocycles. The van der Waals surface area contributed by atoms with Gasteiger partial charge in [-0.1, -0.05) is 34.8 Å². The van der Waals surface area contributed by atoms with Gasteiger partial charge in [-0.25, -0.2) is 4.98 Å². The fraction of sp³-hybridized carbons (Fsp3) is 0. The number of benzene rings is 2. The smallest absolute Gasteiger partial charge is 0.274 e. The summed E-state index contributed by atoms with van der Waals surface area (Å²) < 4.78 is 0. The van der Waals surface area contributed by atoms with Crippen LogP contribution in [0.25, 0.3) is 22.9 Å². The SMILES string of the molecule is O=c1[nH]c2c(Cl)cc(Cl)cc2nc1/C=C(\O)c1ccc(Cl)cc1. The van der Waals surface area contributed by atoms with Gasteiger partial charge < -0.3 is 10.1 Å². The van der Waals surface area contributed by atoms with Gasteiger partial charge in [0.05, 0.1) is 16.1 Å². The zero-order valence-corrected chi connectivity index (χ0v) is 13.7. The summed E-state index contributed by atoms with van der Waals surface area (Å²) in [5, 5.41) is 11.4. The molecule has 1 aromatic heterocycles. The molecular formula is C16H9Cl3N2O2. The number of hydrogen-bond acceptors (Lipinski definition) is 3. The molecule has 116 valence electrons. The monoisotopic (exact) mass is 366 g/mol. The van der Waals surface area contributed by atoms with Gasteiger partial charge in [0.15, 0.2) is 0 Å². The Morgan fingerprint density at radius 2 is 1.78 bits per heavy atom. The molecule has 2 aromatic carbocycles. The van der Waals surface area contributed by atoms with Crippen LogP contribution in [0.15, 0.2) is 41.2 Å². The maximum atomic E-state index is 12.1. The first-order valence-electron chi connectivity index (χ1n) is 6.50. The van der Waals surface area contributed by atoms with Crippen LogP contribution in [0.2, 0.25) is 15.1 Å². The first-order valence-corrected chi connectivity index (χ1v) is 7.63. The lowest BCUT2D eigenvalue weighted by molar-refractivity contribution is 0.515. The predicted octanol–water partition coefficient (Wildman–Crippen LogP) is 4.94. The third-order valence-corrected chi connectivity index (χ3v) is 3.93. The lowest BCUT2D eigenvalue weighted by atomic mass is 10.1. The van der Waals surface area contributed by atoms with Gasteiger partial charge in [-0.15, -0.1) is 0 Å². The first kappa shape index (κ1) is 15.9. The normalized spacial score (nSPS) is 11.9. The molecular weight excluding hydrogens is 359 g/mol. The molecule has 2 N–H and O–H groups in total. The molecule has 3 rings (SSSR count). The Labute approximate surface area is 146 Å². The summed E-state index contributed by atoms with van der Waals surface area (Å²) in [6.07, 6.45) is 1.27. The van der Waals surface area contributed by atoms with Crippen LogP contribution in [0.1, 0.15) is 11.3 Å². The Kier molecular flexibility index (Phi) is 4.31. The number of aromatic nitrogens is 2. The number of aliphatic hydroxyl groups is 1. The lowest BCUT2D eigenvalue weighted by Crippen LogP contribution is -2.12. The van der Waals surface area contributed by atoms with Crippen molar-refractivity contribution in [3.05, 3.63) is 73.1 Å². The predicted molar refractivity (Wildman–Crippen MR) is 94.3 cm³/mol. The maximum Gasteiger partial charge on any atom is 0.274 e. The van der Waals surface area contributed by atoms with Crippen LogP contribution in [0, 0.1) is 0 Å². The van der Waals surface area contributed by atoms with Crippen LogP contribution in [0.3, 0.4) is 0 Å². The summed E-state index contributed by atoms with van der Waals surface area (Å²) in [5.74, 6) is -0.104. The number of hydrogen-bond donors (Lipinski definition) is 2. The van der Waals surface area contributed by atoms with Gasteiger partial charge in [0, 0.05) is 21.7 Å². The zero-order valence-electron chi connectivity index (χ0n) is 11.5. The summed E-state index contributed by atoms with van der Waals surface area (Å²) in [6, 6.07) is 9.64. The molecule has 0 aliphatic rings. The average Bonchev–Trinajstić information content (AvgIpc) is 2.49. The van der Waals surface area contributed by atoms with Crippen molar-refractivity contribution >= 4 is 57.7 Å². The molecule has 0 bridgehead atoms. The Morgan fingerprint density at radius 3 is 2.48 bits per heavy atom. The van der Waals surface area contributed by atoms with Crippen LogP contribution in [-0.4, -0.2) is 15.1 Å². The highest BCUT2D eigenvalue weighted by molar-refractivity contribution is 6.38. The minimum absolute atomic E-state index is 0.0447. The standard InChI is InChI=1S/C16H9Cl3N2O2/c17-9-3-1-8(2-4-9)14(22)7-13-16(23)21-15-11(19)5-10(18)6-12(15)20-13/h1-7,22H,(H,21,23)/b14-7-. The van der Waals surface area contributed by atoms with Gasteiger partial charge in [0.2, 0.25) is 0 Å². The second-order valence-electron chi connectivity index (χ2n) is 4.77. The molecule has 7 heteroatoms. The molecule has 3 aromatic rings. The molecule has 0 aliphatic heterocycles. The van der Waals surface area contributed by atoms with Gasteiger partial charge >= 0.3 is 0 Å². The molecule has 1 heterocycles. The van der Waals surface area contributed by atoms with Crippen molar-refractivity contribution in [1.29, 1.82) is 0 Å². The summed E-state index contributed by atoms with van der Waals surface area (Å²) in [5.41, 5.74) is 0.909. The quantitative estimate of drug-likeness (QED) is 0.630. The molecule has 23 heavy (non-hydrogen) atoms. The first-order chi connectivity index (χ1) is 10.9. The topological polar surface area (TPSA) is 66.0 Å². The third kappa shape index (κ3) is 3.34. The fourth-order valence-corrected chi connectivity index (χ4v) is 2.72. The van der Waals surface area contributed by atoms with E-state index in [1.807, 2.05) is 0 Å². The van der Waals surface area contributed by atoms with E-state index in [2.05, 4.69) is 9.97 Å². The van der Waals surface area contributed by atoms with Gasteiger partial charge in [-0.3, -0.25) is 4.79 Å². The molecule has 0 saturated carbocycles. The highest BCUT2D eigenvalue weighted by atomic mass is 35.5. The Hall–Kier alpha value is -2.01. The van der Waals surface area contributed by atoms with Crippen LogP contribution in [0.4, 0.5) is 0 Å². The molecule has 0 radical (unpaired) electrons.